The molecular formula is C20H24N2O4S2. The third-order valence-corrected chi connectivity index (χ3v) is 7.67. The maximum Gasteiger partial charge on any atom is 0.254 e. The van der Waals surface area contributed by atoms with E-state index < -0.39 is 10.0 Å². The SMILES string of the molecule is CS(=O)(=O)N1CCC(Oc2cccc(C(=O)N3CCc4sccc4C3)c2)CC1. The maximum absolute atomic E-state index is 12.9. The quantitative estimate of drug-likeness (QED) is 0.763. The van der Waals surface area contributed by atoms with Gasteiger partial charge in [-0.1, -0.05) is 6.07 Å². The second-order valence-corrected chi connectivity index (χ2v) is 10.3. The zero-order valence-electron chi connectivity index (χ0n) is 15.8. The molecule has 1 fully saturated rings. The van der Waals surface area contributed by atoms with Crippen molar-refractivity contribution in [3.8, 4) is 5.75 Å². The number of amides is 1. The fourth-order valence-electron chi connectivity index (χ4n) is 3.78. The van der Waals surface area contributed by atoms with Gasteiger partial charge in [0.1, 0.15) is 11.9 Å². The summed E-state index contributed by atoms with van der Waals surface area (Å²) >= 11 is 1.76. The fraction of sp³-hybridized carbons (Fsp3) is 0.450. The van der Waals surface area contributed by atoms with Gasteiger partial charge in [0.2, 0.25) is 10.0 Å². The second kappa shape index (κ2) is 7.85. The van der Waals surface area contributed by atoms with Crippen molar-refractivity contribution in [3.63, 3.8) is 0 Å². The Balaban J connectivity index is 1.39. The Morgan fingerprint density at radius 3 is 2.71 bits per heavy atom. The van der Waals surface area contributed by atoms with Gasteiger partial charge in [0.25, 0.3) is 5.91 Å². The van der Waals surface area contributed by atoms with Crippen LogP contribution in [-0.2, 0) is 23.0 Å². The second-order valence-electron chi connectivity index (χ2n) is 7.35. The topological polar surface area (TPSA) is 66.9 Å². The number of nitrogens with zero attached hydrogens (tertiary/aromatic N) is 2. The molecule has 1 aromatic heterocycles. The molecule has 2 aliphatic rings. The van der Waals surface area contributed by atoms with E-state index in [0.717, 1.165) is 13.0 Å². The number of ether oxygens (including phenoxy) is 1. The number of rotatable bonds is 4. The highest BCUT2D eigenvalue weighted by atomic mass is 32.2. The van der Waals surface area contributed by atoms with Gasteiger partial charge in [0.05, 0.1) is 6.26 Å². The number of benzene rings is 1. The molecule has 1 amide bonds. The van der Waals surface area contributed by atoms with Gasteiger partial charge in [0, 0.05) is 36.6 Å². The van der Waals surface area contributed by atoms with E-state index in [9.17, 15) is 13.2 Å². The van der Waals surface area contributed by atoms with Crippen molar-refractivity contribution in [2.45, 2.75) is 31.9 Å². The predicted octanol–water partition coefficient (Wildman–Crippen LogP) is 2.75. The van der Waals surface area contributed by atoms with Gasteiger partial charge >= 0.3 is 0 Å². The lowest BCUT2D eigenvalue weighted by molar-refractivity contribution is 0.0734. The summed E-state index contributed by atoms with van der Waals surface area (Å²) in [5.74, 6) is 0.686. The minimum Gasteiger partial charge on any atom is -0.490 e. The van der Waals surface area contributed by atoms with Gasteiger partial charge in [-0.05, 0) is 54.5 Å². The number of thiophene rings is 1. The van der Waals surface area contributed by atoms with Gasteiger partial charge in [-0.2, -0.15) is 0 Å². The van der Waals surface area contributed by atoms with Crippen LogP contribution < -0.4 is 4.74 Å². The van der Waals surface area contributed by atoms with Gasteiger partial charge in [-0.25, -0.2) is 12.7 Å². The highest BCUT2D eigenvalue weighted by Gasteiger charge is 2.26. The minimum atomic E-state index is -3.14. The first-order valence-corrected chi connectivity index (χ1v) is 12.2. The molecule has 0 atom stereocenters. The molecule has 4 rings (SSSR count). The van der Waals surface area contributed by atoms with Gasteiger partial charge in [-0.15, -0.1) is 11.3 Å². The highest BCUT2D eigenvalue weighted by molar-refractivity contribution is 7.88. The molecule has 2 aromatic rings. The lowest BCUT2D eigenvalue weighted by Gasteiger charge is -2.30. The third kappa shape index (κ3) is 4.24. The Kier molecular flexibility index (Phi) is 5.44. The number of piperidine rings is 1. The summed E-state index contributed by atoms with van der Waals surface area (Å²) < 4.78 is 30.8. The van der Waals surface area contributed by atoms with E-state index in [1.165, 1.54) is 21.0 Å². The molecule has 0 saturated carbocycles. The van der Waals surface area contributed by atoms with Crippen molar-refractivity contribution >= 4 is 27.3 Å². The number of carbonyl (C=O) groups excluding carboxylic acids is 1. The van der Waals surface area contributed by atoms with Crippen molar-refractivity contribution in [2.24, 2.45) is 0 Å². The van der Waals surface area contributed by atoms with Crippen LogP contribution in [0.25, 0.3) is 0 Å². The number of sulfonamides is 1. The zero-order valence-corrected chi connectivity index (χ0v) is 17.5. The Hall–Kier alpha value is -1.90. The molecule has 2 aliphatic heterocycles. The summed E-state index contributed by atoms with van der Waals surface area (Å²) in [5.41, 5.74) is 1.87. The number of carbonyl (C=O) groups is 1. The van der Waals surface area contributed by atoms with Crippen LogP contribution in [-0.4, -0.2) is 55.5 Å². The molecule has 1 aromatic carbocycles. The van der Waals surface area contributed by atoms with Gasteiger partial charge in [-0.3, -0.25) is 4.79 Å². The smallest absolute Gasteiger partial charge is 0.254 e. The molecule has 8 heteroatoms. The van der Waals surface area contributed by atoms with Crippen LogP contribution in [0.15, 0.2) is 35.7 Å². The molecule has 6 nitrogen and oxygen atoms in total. The van der Waals surface area contributed by atoms with Crippen LogP contribution >= 0.6 is 11.3 Å². The van der Waals surface area contributed by atoms with Crippen LogP contribution in [0.2, 0.25) is 0 Å². The highest BCUT2D eigenvalue weighted by Crippen LogP contribution is 2.26. The maximum atomic E-state index is 12.9. The molecular weight excluding hydrogens is 396 g/mol. The standard InChI is InChI=1S/C20H24N2O4S2/c1-28(24,25)22-10-5-17(6-11-22)26-18-4-2-3-15(13-18)20(23)21-9-7-19-16(14-21)8-12-27-19/h2-4,8,12-13,17H,5-7,9-11,14H2,1H3. The summed E-state index contributed by atoms with van der Waals surface area (Å²) in [6.45, 7) is 2.34. The number of fused-ring (bicyclic) bond motifs is 1. The van der Waals surface area contributed by atoms with Crippen LogP contribution in [0.1, 0.15) is 33.6 Å². The lowest BCUT2D eigenvalue weighted by Crippen LogP contribution is -2.41. The van der Waals surface area contributed by atoms with Crippen molar-refractivity contribution in [1.29, 1.82) is 0 Å². The Bertz CT molecular complexity index is 962. The number of hydrogen-bond acceptors (Lipinski definition) is 5. The van der Waals surface area contributed by atoms with E-state index in [4.69, 9.17) is 4.74 Å². The summed E-state index contributed by atoms with van der Waals surface area (Å²) in [7, 11) is -3.14. The van der Waals surface area contributed by atoms with Crippen LogP contribution in [0, 0.1) is 0 Å². The fourth-order valence-corrected chi connectivity index (χ4v) is 5.54. The van der Waals surface area contributed by atoms with Gasteiger partial charge < -0.3 is 9.64 Å². The molecule has 0 N–H and O–H groups in total. The molecule has 0 spiro atoms. The van der Waals surface area contributed by atoms with Crippen LogP contribution in [0.5, 0.6) is 5.75 Å². The van der Waals surface area contributed by atoms with Crippen LogP contribution in [0.4, 0.5) is 0 Å². The molecule has 1 saturated heterocycles. The first-order chi connectivity index (χ1) is 13.4. The lowest BCUT2D eigenvalue weighted by atomic mass is 10.1. The summed E-state index contributed by atoms with van der Waals surface area (Å²) in [6.07, 6.45) is 3.42. The Labute approximate surface area is 169 Å². The van der Waals surface area contributed by atoms with E-state index in [2.05, 4.69) is 11.4 Å². The summed E-state index contributed by atoms with van der Waals surface area (Å²) in [4.78, 5) is 16.2. The van der Waals surface area contributed by atoms with E-state index in [0.29, 0.717) is 43.8 Å². The molecule has 28 heavy (non-hydrogen) atoms. The largest absolute Gasteiger partial charge is 0.490 e. The zero-order chi connectivity index (χ0) is 19.7. The molecule has 150 valence electrons. The van der Waals surface area contributed by atoms with E-state index >= 15 is 0 Å². The molecule has 3 heterocycles. The molecule has 0 bridgehead atoms. The average Bonchev–Trinajstić information content (AvgIpc) is 3.15. The third-order valence-electron chi connectivity index (χ3n) is 5.35. The first-order valence-electron chi connectivity index (χ1n) is 9.46. The first kappa shape index (κ1) is 19.4. The average molecular weight is 421 g/mol. The van der Waals surface area contributed by atoms with E-state index in [1.54, 1.807) is 17.4 Å². The molecule has 0 radical (unpaired) electrons. The van der Waals surface area contributed by atoms with Crippen molar-refractivity contribution in [1.82, 2.24) is 9.21 Å². The predicted molar refractivity (Wildman–Crippen MR) is 109 cm³/mol. The van der Waals surface area contributed by atoms with Crippen molar-refractivity contribution in [2.75, 3.05) is 25.9 Å². The van der Waals surface area contributed by atoms with Crippen molar-refractivity contribution in [3.05, 3.63) is 51.7 Å². The van der Waals surface area contributed by atoms with E-state index in [-0.39, 0.29) is 12.0 Å². The summed E-state index contributed by atoms with van der Waals surface area (Å²) in [6, 6.07) is 9.42. The van der Waals surface area contributed by atoms with Crippen molar-refractivity contribution < 1.29 is 17.9 Å². The molecule has 0 aliphatic carbocycles. The normalized spacial score (nSPS) is 18.7. The summed E-state index contributed by atoms with van der Waals surface area (Å²) in [5, 5.41) is 2.09. The van der Waals surface area contributed by atoms with Crippen LogP contribution in [0.3, 0.4) is 0 Å². The van der Waals surface area contributed by atoms with Gasteiger partial charge in [0.15, 0.2) is 0 Å². The number of hydrogen-bond donors (Lipinski definition) is 0. The van der Waals surface area contributed by atoms with E-state index in [1.807, 2.05) is 23.1 Å². The molecule has 0 unspecified atom stereocenters. The minimum absolute atomic E-state index is 0.0224. The Morgan fingerprint density at radius 1 is 1.18 bits per heavy atom. The Morgan fingerprint density at radius 2 is 1.96 bits per heavy atom. The monoisotopic (exact) mass is 420 g/mol.